The summed E-state index contributed by atoms with van der Waals surface area (Å²) in [5.74, 6) is -0.264. The second-order valence-electron chi connectivity index (χ2n) is 7.13. The first-order valence-corrected chi connectivity index (χ1v) is 9.01. The van der Waals surface area contributed by atoms with E-state index >= 15 is 0 Å². The van der Waals surface area contributed by atoms with Crippen molar-refractivity contribution in [1.82, 2.24) is 15.1 Å². The van der Waals surface area contributed by atoms with E-state index in [9.17, 15) is 9.18 Å². The van der Waals surface area contributed by atoms with Crippen LogP contribution >= 0.6 is 0 Å². The highest BCUT2D eigenvalue weighted by molar-refractivity contribution is 5.79. The molecule has 3 rings (SSSR count). The van der Waals surface area contributed by atoms with E-state index in [-0.39, 0.29) is 17.1 Å². The standard InChI is InChI=1S/C20H26FN3O2/c1-14-18(15(2)24(3)23-14)12-19(25)22-13-20(8-10-26-11-9-20)16-4-6-17(21)7-5-16/h4-7H,8-13H2,1-3H3,(H,22,25). The van der Waals surface area contributed by atoms with Crippen molar-refractivity contribution < 1.29 is 13.9 Å². The lowest BCUT2D eigenvalue weighted by Crippen LogP contribution is -2.45. The monoisotopic (exact) mass is 359 g/mol. The van der Waals surface area contributed by atoms with E-state index in [1.54, 1.807) is 4.68 Å². The average molecular weight is 359 g/mol. The van der Waals surface area contributed by atoms with Gasteiger partial charge in [0, 0.05) is 43.5 Å². The number of rotatable bonds is 5. The Morgan fingerprint density at radius 3 is 2.50 bits per heavy atom. The number of amides is 1. The topological polar surface area (TPSA) is 56.2 Å². The minimum Gasteiger partial charge on any atom is -0.381 e. The van der Waals surface area contributed by atoms with Gasteiger partial charge in [-0.3, -0.25) is 9.48 Å². The van der Waals surface area contributed by atoms with Crippen molar-refractivity contribution in [2.24, 2.45) is 7.05 Å². The number of nitrogens with zero attached hydrogens (tertiary/aromatic N) is 2. The zero-order valence-electron chi connectivity index (χ0n) is 15.6. The Labute approximate surface area is 153 Å². The molecule has 1 aromatic carbocycles. The quantitative estimate of drug-likeness (QED) is 0.893. The second kappa shape index (κ2) is 7.58. The molecule has 1 N–H and O–H groups in total. The molecule has 0 atom stereocenters. The minimum absolute atomic E-state index is 0.0165. The van der Waals surface area contributed by atoms with Gasteiger partial charge in [-0.1, -0.05) is 12.1 Å². The summed E-state index contributed by atoms with van der Waals surface area (Å²) < 4.78 is 20.6. The van der Waals surface area contributed by atoms with Crippen molar-refractivity contribution in [3.05, 3.63) is 52.6 Å². The molecule has 5 nitrogen and oxygen atoms in total. The van der Waals surface area contributed by atoms with Crippen LogP contribution in [0.4, 0.5) is 4.39 Å². The number of aryl methyl sites for hydroxylation is 2. The Kier molecular flexibility index (Phi) is 5.41. The third-order valence-electron chi connectivity index (χ3n) is 5.53. The number of hydrogen-bond donors (Lipinski definition) is 1. The fraction of sp³-hybridized carbons (Fsp3) is 0.500. The molecule has 0 radical (unpaired) electrons. The highest BCUT2D eigenvalue weighted by Crippen LogP contribution is 2.34. The molecular weight excluding hydrogens is 333 g/mol. The minimum atomic E-state index is -0.248. The van der Waals surface area contributed by atoms with Crippen LogP contribution in [-0.4, -0.2) is 35.4 Å². The van der Waals surface area contributed by atoms with E-state index in [2.05, 4.69) is 10.4 Å². The number of benzene rings is 1. The fourth-order valence-corrected chi connectivity index (χ4v) is 3.70. The van der Waals surface area contributed by atoms with Gasteiger partial charge in [-0.15, -0.1) is 0 Å². The molecule has 0 bridgehead atoms. The lowest BCUT2D eigenvalue weighted by atomic mass is 9.74. The largest absolute Gasteiger partial charge is 0.381 e. The van der Waals surface area contributed by atoms with Crippen LogP contribution in [-0.2, 0) is 28.4 Å². The maximum atomic E-state index is 13.3. The van der Waals surface area contributed by atoms with E-state index in [0.717, 1.165) is 35.4 Å². The first-order valence-electron chi connectivity index (χ1n) is 9.01. The van der Waals surface area contributed by atoms with Gasteiger partial charge in [-0.05, 0) is 44.4 Å². The molecule has 6 heteroatoms. The molecule has 2 aromatic rings. The molecule has 0 aliphatic carbocycles. The van der Waals surface area contributed by atoms with Crippen molar-refractivity contribution in [3.63, 3.8) is 0 Å². The average Bonchev–Trinajstić information content (AvgIpc) is 2.87. The second-order valence-corrected chi connectivity index (χ2v) is 7.13. The third kappa shape index (κ3) is 3.80. The maximum Gasteiger partial charge on any atom is 0.224 e. The van der Waals surface area contributed by atoms with Gasteiger partial charge in [0.25, 0.3) is 0 Å². The molecule has 0 unspecified atom stereocenters. The Morgan fingerprint density at radius 1 is 1.27 bits per heavy atom. The van der Waals surface area contributed by atoms with Gasteiger partial charge in [-0.2, -0.15) is 5.10 Å². The first kappa shape index (κ1) is 18.6. The van der Waals surface area contributed by atoms with Crippen molar-refractivity contribution in [1.29, 1.82) is 0 Å². The molecule has 2 heterocycles. The van der Waals surface area contributed by atoms with E-state index in [1.165, 1.54) is 12.1 Å². The number of carbonyl (C=O) groups is 1. The molecule has 1 aliphatic rings. The van der Waals surface area contributed by atoms with E-state index in [1.807, 2.05) is 33.0 Å². The number of nitrogens with one attached hydrogen (secondary N) is 1. The highest BCUT2D eigenvalue weighted by atomic mass is 19.1. The van der Waals surface area contributed by atoms with Crippen LogP contribution in [0.1, 0.15) is 35.4 Å². The highest BCUT2D eigenvalue weighted by Gasteiger charge is 2.35. The molecule has 1 aromatic heterocycles. The van der Waals surface area contributed by atoms with Gasteiger partial charge in [0.05, 0.1) is 12.1 Å². The number of hydrogen-bond acceptors (Lipinski definition) is 3. The van der Waals surface area contributed by atoms with Crippen LogP contribution in [0.25, 0.3) is 0 Å². The Hall–Kier alpha value is -2.21. The van der Waals surface area contributed by atoms with Crippen LogP contribution in [0.2, 0.25) is 0 Å². The number of halogens is 1. The Morgan fingerprint density at radius 2 is 1.92 bits per heavy atom. The summed E-state index contributed by atoms with van der Waals surface area (Å²) >= 11 is 0. The van der Waals surface area contributed by atoms with Crippen LogP contribution in [0.3, 0.4) is 0 Å². The molecule has 0 spiro atoms. The van der Waals surface area contributed by atoms with Gasteiger partial charge >= 0.3 is 0 Å². The summed E-state index contributed by atoms with van der Waals surface area (Å²) in [5, 5.41) is 7.46. The van der Waals surface area contributed by atoms with Crippen molar-refractivity contribution in [2.75, 3.05) is 19.8 Å². The maximum absolute atomic E-state index is 13.3. The van der Waals surface area contributed by atoms with Gasteiger partial charge in [0.1, 0.15) is 5.82 Å². The summed E-state index contributed by atoms with van der Waals surface area (Å²) in [6, 6.07) is 6.61. The summed E-state index contributed by atoms with van der Waals surface area (Å²) in [5.41, 5.74) is 3.72. The zero-order chi connectivity index (χ0) is 18.7. The molecule has 1 aliphatic heterocycles. The first-order chi connectivity index (χ1) is 12.4. The SMILES string of the molecule is Cc1nn(C)c(C)c1CC(=O)NCC1(c2ccc(F)cc2)CCOCC1. The summed E-state index contributed by atoms with van der Waals surface area (Å²) in [6.45, 7) is 5.72. The summed E-state index contributed by atoms with van der Waals surface area (Å²) in [7, 11) is 1.88. The van der Waals surface area contributed by atoms with Crippen molar-refractivity contribution >= 4 is 5.91 Å². The summed E-state index contributed by atoms with van der Waals surface area (Å²) in [4.78, 5) is 12.6. The molecular formula is C20H26FN3O2. The van der Waals surface area contributed by atoms with Gasteiger partial charge in [-0.25, -0.2) is 4.39 Å². The number of carbonyl (C=O) groups excluding carboxylic acids is 1. The number of ether oxygens (including phenoxy) is 1. The zero-order valence-corrected chi connectivity index (χ0v) is 15.6. The van der Waals surface area contributed by atoms with E-state index in [0.29, 0.717) is 26.2 Å². The fourth-order valence-electron chi connectivity index (χ4n) is 3.70. The molecule has 140 valence electrons. The van der Waals surface area contributed by atoms with Crippen LogP contribution in [0.15, 0.2) is 24.3 Å². The Bertz CT molecular complexity index is 777. The Balaban J connectivity index is 1.71. The predicted octanol–water partition coefficient (Wildman–Crippen LogP) is 2.58. The molecule has 1 fully saturated rings. The number of aromatic nitrogens is 2. The predicted molar refractivity (Wildman–Crippen MR) is 97.5 cm³/mol. The van der Waals surface area contributed by atoms with E-state index in [4.69, 9.17) is 4.74 Å². The van der Waals surface area contributed by atoms with Gasteiger partial charge in [0.2, 0.25) is 5.91 Å². The molecule has 1 saturated heterocycles. The van der Waals surface area contributed by atoms with Crippen LogP contribution in [0.5, 0.6) is 0 Å². The summed E-state index contributed by atoms with van der Waals surface area (Å²) in [6.07, 6.45) is 1.94. The van der Waals surface area contributed by atoms with Crippen molar-refractivity contribution in [2.45, 2.75) is 38.5 Å². The molecule has 26 heavy (non-hydrogen) atoms. The van der Waals surface area contributed by atoms with E-state index < -0.39 is 0 Å². The molecule has 1 amide bonds. The van der Waals surface area contributed by atoms with Gasteiger partial charge < -0.3 is 10.1 Å². The smallest absolute Gasteiger partial charge is 0.224 e. The van der Waals surface area contributed by atoms with Crippen LogP contribution < -0.4 is 5.32 Å². The molecule has 0 saturated carbocycles. The lowest BCUT2D eigenvalue weighted by molar-refractivity contribution is -0.121. The normalized spacial score (nSPS) is 16.5. The third-order valence-corrected chi connectivity index (χ3v) is 5.53. The van der Waals surface area contributed by atoms with Crippen molar-refractivity contribution in [3.8, 4) is 0 Å². The van der Waals surface area contributed by atoms with Gasteiger partial charge in [0.15, 0.2) is 0 Å². The van der Waals surface area contributed by atoms with Crippen LogP contribution in [0, 0.1) is 19.7 Å². The lowest BCUT2D eigenvalue weighted by Gasteiger charge is -2.38.